The van der Waals surface area contributed by atoms with Crippen molar-refractivity contribution in [1.82, 2.24) is 24.5 Å². The van der Waals surface area contributed by atoms with Crippen LogP contribution in [0.3, 0.4) is 0 Å². The Balaban J connectivity index is 0.000000170. The van der Waals surface area contributed by atoms with Crippen LogP contribution in [0.2, 0.25) is 0 Å². The molecule has 7 aliphatic rings. The number of ketones is 3. The fourth-order valence-electron chi connectivity index (χ4n) is 16.0. The number of nitrogens with zero attached hydrogens (tertiary/aromatic N) is 7. The van der Waals surface area contributed by atoms with Gasteiger partial charge in [-0.25, -0.2) is 0 Å². The van der Waals surface area contributed by atoms with E-state index in [2.05, 4.69) is 71.3 Å². The SMILES string of the molecule is CCC(=O)c1ccc(OCCCN2CCCC(C)C2)cc1.CCC1CCC(C)N(CCCOc2ccc(C#N)cc2)C1.CCC1CCC(C)N(CCCOc2ccc(C#N)cc2)C1.O=C(c1ccc(OCCCN2CCCCC2)cc1)C1CCC1.O=C(c1ccc(OCCCN2CCCCC2)cc1)C1CCCC1. The van der Waals surface area contributed by atoms with E-state index < -0.39 is 0 Å². The summed E-state index contributed by atoms with van der Waals surface area (Å²) in [6.07, 6.45) is 32.6. The maximum atomic E-state index is 12.3. The smallest absolute Gasteiger partial charge is 0.165 e. The molecule has 5 heterocycles. The molecule has 5 unspecified atom stereocenters. The first-order valence-corrected chi connectivity index (χ1v) is 42.5. The number of rotatable bonds is 33. The van der Waals surface area contributed by atoms with Crippen LogP contribution in [0.4, 0.5) is 0 Å². The second-order valence-electron chi connectivity index (χ2n) is 31.7. The van der Waals surface area contributed by atoms with Gasteiger partial charge in [-0.2, -0.15) is 10.5 Å². The summed E-state index contributed by atoms with van der Waals surface area (Å²) in [5.74, 6) is 8.25. The van der Waals surface area contributed by atoms with E-state index >= 15 is 0 Å². The first kappa shape index (κ1) is 86.5. The molecule has 7 fully saturated rings. The van der Waals surface area contributed by atoms with Crippen molar-refractivity contribution < 1.29 is 38.1 Å². The Morgan fingerprint density at radius 1 is 0.361 bits per heavy atom. The van der Waals surface area contributed by atoms with Crippen molar-refractivity contribution in [3.8, 4) is 40.9 Å². The minimum atomic E-state index is 0.181. The van der Waals surface area contributed by atoms with Crippen LogP contribution < -0.4 is 23.7 Å². The van der Waals surface area contributed by atoms with E-state index in [4.69, 9.17) is 34.2 Å². The molecule has 0 amide bonds. The van der Waals surface area contributed by atoms with Crippen molar-refractivity contribution in [2.45, 2.75) is 227 Å². The lowest BCUT2D eigenvalue weighted by molar-refractivity contribution is 0.0854. The molecule has 0 aromatic heterocycles. The summed E-state index contributed by atoms with van der Waals surface area (Å²) < 4.78 is 28.9. The van der Waals surface area contributed by atoms with Crippen LogP contribution in [0.15, 0.2) is 121 Å². The highest BCUT2D eigenvalue weighted by Crippen LogP contribution is 2.32. The van der Waals surface area contributed by atoms with Gasteiger partial charge in [-0.05, 0) is 308 Å². The van der Waals surface area contributed by atoms with Gasteiger partial charge in [-0.15, -0.1) is 0 Å². The zero-order valence-electron chi connectivity index (χ0n) is 67.3. The van der Waals surface area contributed by atoms with Crippen LogP contribution in [0.5, 0.6) is 28.7 Å². The van der Waals surface area contributed by atoms with Crippen molar-refractivity contribution in [2.24, 2.45) is 29.6 Å². The van der Waals surface area contributed by atoms with Crippen LogP contribution in [0.25, 0.3) is 0 Å². The fourth-order valence-corrected chi connectivity index (χ4v) is 16.0. The first-order valence-electron chi connectivity index (χ1n) is 42.5. The van der Waals surface area contributed by atoms with Crippen molar-refractivity contribution in [3.05, 3.63) is 149 Å². The van der Waals surface area contributed by atoms with Crippen molar-refractivity contribution in [3.63, 3.8) is 0 Å². The third-order valence-corrected chi connectivity index (χ3v) is 23.3. The first-order chi connectivity index (χ1) is 52.8. The van der Waals surface area contributed by atoms with Gasteiger partial charge in [0.2, 0.25) is 0 Å². The number of hydrogen-bond donors (Lipinski definition) is 0. The summed E-state index contributed by atoms with van der Waals surface area (Å²) in [4.78, 5) is 48.9. The Bertz CT molecular complexity index is 3280. The van der Waals surface area contributed by atoms with Crippen LogP contribution in [-0.4, -0.2) is 172 Å². The van der Waals surface area contributed by atoms with E-state index in [-0.39, 0.29) is 17.6 Å². The third-order valence-electron chi connectivity index (χ3n) is 23.3. The average molecular weight is 1480 g/mol. The summed E-state index contributed by atoms with van der Waals surface area (Å²) in [5, 5.41) is 17.5. The largest absolute Gasteiger partial charge is 0.494 e. The zero-order chi connectivity index (χ0) is 76.3. The molecule has 0 N–H and O–H groups in total. The summed E-state index contributed by atoms with van der Waals surface area (Å²) in [6.45, 7) is 32.8. The van der Waals surface area contributed by atoms with Crippen LogP contribution in [0.1, 0.15) is 257 Å². The van der Waals surface area contributed by atoms with Gasteiger partial charge >= 0.3 is 0 Å². The number of benzene rings is 5. The Morgan fingerprint density at radius 2 is 0.694 bits per heavy atom. The van der Waals surface area contributed by atoms with E-state index in [9.17, 15) is 14.4 Å². The molecule has 2 saturated carbocycles. The highest BCUT2D eigenvalue weighted by Gasteiger charge is 2.28. The predicted molar refractivity (Wildman–Crippen MR) is 438 cm³/mol. The van der Waals surface area contributed by atoms with Gasteiger partial charge < -0.3 is 48.2 Å². The van der Waals surface area contributed by atoms with Gasteiger partial charge in [0.25, 0.3) is 0 Å². The molecule has 5 aromatic rings. The molecule has 5 atom stereocenters. The minimum absolute atomic E-state index is 0.181. The quantitative estimate of drug-likeness (QED) is 0.0288. The lowest BCUT2D eigenvalue weighted by atomic mass is 9.80. The Labute approximate surface area is 651 Å². The fraction of sp³-hybridized carbons (Fsp3) is 0.624. The molecule has 108 heavy (non-hydrogen) atoms. The molecule has 0 radical (unpaired) electrons. The molecule has 590 valence electrons. The Hall–Kier alpha value is -7.11. The molecular formula is C93H135N7O8. The van der Waals surface area contributed by atoms with E-state index in [1.165, 1.54) is 162 Å². The zero-order valence-corrected chi connectivity index (χ0v) is 67.3. The number of carbonyl (C=O) groups is 3. The van der Waals surface area contributed by atoms with Gasteiger partial charge in [-0.1, -0.05) is 72.6 Å². The van der Waals surface area contributed by atoms with Gasteiger partial charge in [0.05, 0.1) is 56.3 Å². The third kappa shape index (κ3) is 31.7. The van der Waals surface area contributed by atoms with E-state index in [1.807, 2.05) is 104 Å². The van der Waals surface area contributed by atoms with Crippen LogP contribution in [-0.2, 0) is 0 Å². The lowest BCUT2D eigenvalue weighted by Crippen LogP contribution is -2.42. The Kier molecular flexibility index (Phi) is 40.0. The molecule has 15 nitrogen and oxygen atoms in total. The number of likely N-dealkylation sites (tertiary alicyclic amines) is 5. The minimum Gasteiger partial charge on any atom is -0.494 e. The second kappa shape index (κ2) is 49.9. The monoisotopic (exact) mass is 1480 g/mol. The highest BCUT2D eigenvalue weighted by atomic mass is 16.5. The summed E-state index contributed by atoms with van der Waals surface area (Å²) >= 11 is 0. The van der Waals surface area contributed by atoms with E-state index in [0.29, 0.717) is 41.2 Å². The predicted octanol–water partition coefficient (Wildman–Crippen LogP) is 19.7. The molecule has 12 rings (SSSR count). The summed E-state index contributed by atoms with van der Waals surface area (Å²) in [5.41, 5.74) is 3.81. The number of hydrogen-bond acceptors (Lipinski definition) is 15. The number of carbonyl (C=O) groups excluding carboxylic acids is 3. The lowest BCUT2D eigenvalue weighted by Gasteiger charge is -2.37. The Morgan fingerprint density at radius 3 is 1.03 bits per heavy atom. The number of piperidine rings is 5. The molecule has 15 heteroatoms. The van der Waals surface area contributed by atoms with E-state index in [1.54, 1.807) is 24.3 Å². The molecule has 0 spiro atoms. The molecular weight excluding hydrogens is 1340 g/mol. The summed E-state index contributed by atoms with van der Waals surface area (Å²) in [6, 6.07) is 43.3. The maximum Gasteiger partial charge on any atom is 0.165 e. The van der Waals surface area contributed by atoms with Crippen molar-refractivity contribution >= 4 is 17.3 Å². The van der Waals surface area contributed by atoms with Gasteiger partial charge in [-0.3, -0.25) is 14.4 Å². The standard InChI is InChI=1S/C20H29NO2.C19H27NO2.2C18H26N2O.C18H27NO2/c22-20(17-7-2-3-8-17)18-9-11-19(12-10-18)23-16-6-15-21-13-4-1-5-14-21;21-19(16-6-4-7-16)17-8-10-18(11-9-17)22-15-5-14-20-12-2-1-3-13-20;2*1-3-16-6-5-15(2)20(14-16)11-4-12-21-18-9-7-17(13-19)8-10-18;1-3-18(20)16-7-9-17(10-8-16)21-13-5-12-19-11-4-6-15(2)14-19/h9-12,17H,1-8,13-16H2;8-11,16H,1-7,12-15H2;2*7-10,15-16H,3-6,11-12,14H2,1-2H3;7-10,15H,3-6,11-14H2,1-2H3. The van der Waals surface area contributed by atoms with Crippen molar-refractivity contribution in [2.75, 3.05) is 118 Å². The van der Waals surface area contributed by atoms with Gasteiger partial charge in [0, 0.05) is 99.4 Å². The topological polar surface area (TPSA) is 161 Å². The molecule has 2 aliphatic carbocycles. The second-order valence-corrected chi connectivity index (χ2v) is 31.7. The molecule has 5 saturated heterocycles. The number of Topliss-reactive ketones (excluding diaryl/α,β-unsaturated/α-hetero) is 3. The maximum absolute atomic E-state index is 12.3. The van der Waals surface area contributed by atoms with Gasteiger partial charge in [0.1, 0.15) is 28.7 Å². The molecule has 5 aliphatic heterocycles. The highest BCUT2D eigenvalue weighted by molar-refractivity contribution is 5.99. The average Bonchev–Trinajstić information content (AvgIpc) is 1.04. The van der Waals surface area contributed by atoms with Gasteiger partial charge in [0.15, 0.2) is 17.3 Å². The number of ether oxygens (including phenoxy) is 5. The normalized spacial score (nSPS) is 20.8. The van der Waals surface area contributed by atoms with Crippen molar-refractivity contribution in [1.29, 1.82) is 10.5 Å². The molecule has 0 bridgehead atoms. The molecule has 5 aromatic carbocycles. The number of nitriles is 2. The van der Waals surface area contributed by atoms with E-state index in [0.717, 1.165) is 187 Å². The van der Waals surface area contributed by atoms with Crippen LogP contribution in [0, 0.1) is 52.3 Å². The summed E-state index contributed by atoms with van der Waals surface area (Å²) in [7, 11) is 0. The van der Waals surface area contributed by atoms with Crippen LogP contribution >= 0.6 is 0 Å².